The van der Waals surface area contributed by atoms with Gasteiger partial charge in [-0.15, -0.1) is 0 Å². The average molecular weight is 221 g/mol. The minimum Gasteiger partial charge on any atom is -0.352 e. The molecular weight excluding hydrogens is 206 g/mol. The van der Waals surface area contributed by atoms with E-state index in [9.17, 15) is 9.59 Å². The predicted octanol–water partition coefficient (Wildman–Crippen LogP) is 0.532. The van der Waals surface area contributed by atoms with Gasteiger partial charge >= 0.3 is 6.03 Å². The molecule has 4 N–H and O–H groups in total. The van der Waals surface area contributed by atoms with Crippen LogP contribution in [-0.4, -0.2) is 18.5 Å². The lowest BCUT2D eigenvalue weighted by atomic mass is 10.1. The molecular formula is C11H15N3O2. The normalized spacial score (nSPS) is 11.6. The highest BCUT2D eigenvalue weighted by molar-refractivity contribution is 5.83. The van der Waals surface area contributed by atoms with Crippen LogP contribution in [-0.2, 0) is 4.79 Å². The Hall–Kier alpha value is -2.04. The summed E-state index contributed by atoms with van der Waals surface area (Å²) in [6, 6.07) is 8.76. The van der Waals surface area contributed by atoms with E-state index in [1.807, 2.05) is 37.3 Å². The number of hydrogen-bond acceptors (Lipinski definition) is 2. The summed E-state index contributed by atoms with van der Waals surface area (Å²) in [5.74, 6) is -0.268. The van der Waals surface area contributed by atoms with Gasteiger partial charge < -0.3 is 16.4 Å². The van der Waals surface area contributed by atoms with Gasteiger partial charge in [-0.3, -0.25) is 4.79 Å². The molecule has 0 fully saturated rings. The molecule has 0 saturated heterocycles. The summed E-state index contributed by atoms with van der Waals surface area (Å²) in [5.41, 5.74) is 5.86. The fourth-order valence-corrected chi connectivity index (χ4v) is 1.28. The second-order valence-electron chi connectivity index (χ2n) is 3.42. The average Bonchev–Trinajstić information content (AvgIpc) is 2.27. The van der Waals surface area contributed by atoms with Gasteiger partial charge in [-0.25, -0.2) is 4.79 Å². The van der Waals surface area contributed by atoms with Gasteiger partial charge in [0.2, 0.25) is 5.91 Å². The number of hydrogen-bond donors (Lipinski definition) is 3. The van der Waals surface area contributed by atoms with Gasteiger partial charge in [0.25, 0.3) is 0 Å². The van der Waals surface area contributed by atoms with E-state index in [1.165, 1.54) is 0 Å². The van der Waals surface area contributed by atoms with Gasteiger partial charge in [0, 0.05) is 0 Å². The fourth-order valence-electron chi connectivity index (χ4n) is 1.28. The molecule has 1 rings (SSSR count). The third-order valence-corrected chi connectivity index (χ3v) is 2.10. The van der Waals surface area contributed by atoms with Crippen LogP contribution in [0.5, 0.6) is 0 Å². The van der Waals surface area contributed by atoms with Crippen LogP contribution in [0.2, 0.25) is 0 Å². The maximum atomic E-state index is 11.3. The summed E-state index contributed by atoms with van der Waals surface area (Å²) >= 11 is 0. The SMILES string of the molecule is C[C@H](NC(=O)CNC(N)=O)c1ccccc1. The third kappa shape index (κ3) is 4.00. The Labute approximate surface area is 94.0 Å². The number of nitrogens with one attached hydrogen (secondary N) is 2. The van der Waals surface area contributed by atoms with Crippen LogP contribution in [0.25, 0.3) is 0 Å². The first-order valence-corrected chi connectivity index (χ1v) is 4.97. The quantitative estimate of drug-likeness (QED) is 0.693. The summed E-state index contributed by atoms with van der Waals surface area (Å²) in [7, 11) is 0. The molecule has 1 aromatic rings. The van der Waals surface area contributed by atoms with E-state index < -0.39 is 6.03 Å². The van der Waals surface area contributed by atoms with Crippen molar-refractivity contribution in [1.82, 2.24) is 10.6 Å². The molecule has 0 aromatic heterocycles. The first-order valence-electron chi connectivity index (χ1n) is 4.97. The van der Waals surface area contributed by atoms with Crippen LogP contribution in [0, 0.1) is 0 Å². The van der Waals surface area contributed by atoms with E-state index in [0.29, 0.717) is 0 Å². The second kappa shape index (κ2) is 5.75. The highest BCUT2D eigenvalue weighted by Gasteiger charge is 2.08. The number of rotatable bonds is 4. The predicted molar refractivity (Wildman–Crippen MR) is 60.6 cm³/mol. The zero-order chi connectivity index (χ0) is 12.0. The second-order valence-corrected chi connectivity index (χ2v) is 3.42. The van der Waals surface area contributed by atoms with E-state index in [1.54, 1.807) is 0 Å². The van der Waals surface area contributed by atoms with Crippen molar-refractivity contribution in [1.29, 1.82) is 0 Å². The number of primary amides is 1. The molecule has 0 spiro atoms. The smallest absolute Gasteiger partial charge is 0.312 e. The molecule has 1 aromatic carbocycles. The molecule has 0 heterocycles. The van der Waals surface area contributed by atoms with Crippen molar-refractivity contribution < 1.29 is 9.59 Å². The molecule has 0 aliphatic carbocycles. The van der Waals surface area contributed by atoms with Gasteiger partial charge in [0.15, 0.2) is 0 Å². The number of amides is 3. The number of carbonyl (C=O) groups excluding carboxylic acids is 2. The molecule has 0 aliphatic rings. The minimum atomic E-state index is -0.706. The monoisotopic (exact) mass is 221 g/mol. The lowest BCUT2D eigenvalue weighted by Crippen LogP contribution is -2.40. The van der Waals surface area contributed by atoms with Gasteiger partial charge in [0.05, 0.1) is 12.6 Å². The van der Waals surface area contributed by atoms with Gasteiger partial charge in [-0.2, -0.15) is 0 Å². The van der Waals surface area contributed by atoms with E-state index >= 15 is 0 Å². The lowest BCUT2D eigenvalue weighted by molar-refractivity contribution is -0.120. The Morgan fingerprint density at radius 1 is 1.31 bits per heavy atom. The van der Waals surface area contributed by atoms with E-state index in [4.69, 9.17) is 5.73 Å². The Bertz CT molecular complexity index is 365. The van der Waals surface area contributed by atoms with Crippen LogP contribution >= 0.6 is 0 Å². The number of urea groups is 1. The van der Waals surface area contributed by atoms with Crippen molar-refractivity contribution in [3.63, 3.8) is 0 Å². The summed E-state index contributed by atoms with van der Waals surface area (Å²) in [5, 5.41) is 4.97. The largest absolute Gasteiger partial charge is 0.352 e. The van der Waals surface area contributed by atoms with Crippen molar-refractivity contribution >= 4 is 11.9 Å². The van der Waals surface area contributed by atoms with Gasteiger partial charge in [0.1, 0.15) is 0 Å². The van der Waals surface area contributed by atoms with Crippen LogP contribution in [0.4, 0.5) is 4.79 Å². The maximum absolute atomic E-state index is 11.3. The zero-order valence-corrected chi connectivity index (χ0v) is 9.07. The maximum Gasteiger partial charge on any atom is 0.312 e. The molecule has 16 heavy (non-hydrogen) atoms. The molecule has 1 atom stereocenters. The van der Waals surface area contributed by atoms with Crippen molar-refractivity contribution in [3.05, 3.63) is 35.9 Å². The standard InChI is InChI=1S/C11H15N3O2/c1-8(9-5-3-2-4-6-9)14-10(15)7-13-11(12)16/h2-6,8H,7H2,1H3,(H,14,15)(H3,12,13,16)/t8-/m0/s1. The van der Waals surface area contributed by atoms with Gasteiger partial charge in [-0.1, -0.05) is 30.3 Å². The Kier molecular flexibility index (Phi) is 4.32. The van der Waals surface area contributed by atoms with E-state index in [0.717, 1.165) is 5.56 Å². The number of nitrogens with two attached hydrogens (primary N) is 1. The molecule has 86 valence electrons. The third-order valence-electron chi connectivity index (χ3n) is 2.10. The van der Waals surface area contributed by atoms with E-state index in [-0.39, 0.29) is 18.5 Å². The number of carbonyl (C=O) groups is 2. The topological polar surface area (TPSA) is 84.2 Å². The Morgan fingerprint density at radius 2 is 1.94 bits per heavy atom. The molecule has 0 unspecified atom stereocenters. The summed E-state index contributed by atoms with van der Waals surface area (Å²) in [6.45, 7) is 1.77. The minimum absolute atomic E-state index is 0.0941. The molecule has 0 radical (unpaired) electrons. The fraction of sp³-hybridized carbons (Fsp3) is 0.273. The molecule has 0 saturated carbocycles. The summed E-state index contributed by atoms with van der Waals surface area (Å²) in [4.78, 5) is 21.7. The zero-order valence-electron chi connectivity index (χ0n) is 9.07. The first kappa shape index (κ1) is 12.0. The summed E-state index contributed by atoms with van der Waals surface area (Å²) < 4.78 is 0. The first-order chi connectivity index (χ1) is 7.59. The highest BCUT2D eigenvalue weighted by Crippen LogP contribution is 2.10. The molecule has 5 nitrogen and oxygen atoms in total. The van der Waals surface area contributed by atoms with Crippen molar-refractivity contribution in [3.8, 4) is 0 Å². The molecule has 0 aliphatic heterocycles. The van der Waals surface area contributed by atoms with Crippen molar-refractivity contribution in [2.24, 2.45) is 5.73 Å². The Balaban J connectivity index is 2.43. The molecule has 5 heteroatoms. The van der Waals surface area contributed by atoms with Crippen LogP contribution in [0.1, 0.15) is 18.5 Å². The van der Waals surface area contributed by atoms with Crippen molar-refractivity contribution in [2.45, 2.75) is 13.0 Å². The molecule has 3 amide bonds. The highest BCUT2D eigenvalue weighted by atomic mass is 16.2. The van der Waals surface area contributed by atoms with Crippen LogP contribution in [0.15, 0.2) is 30.3 Å². The van der Waals surface area contributed by atoms with Crippen LogP contribution < -0.4 is 16.4 Å². The van der Waals surface area contributed by atoms with Gasteiger partial charge in [-0.05, 0) is 12.5 Å². The Morgan fingerprint density at radius 3 is 2.50 bits per heavy atom. The van der Waals surface area contributed by atoms with Crippen molar-refractivity contribution in [2.75, 3.05) is 6.54 Å². The molecule has 0 bridgehead atoms. The number of benzene rings is 1. The van der Waals surface area contributed by atoms with Crippen LogP contribution in [0.3, 0.4) is 0 Å². The summed E-state index contributed by atoms with van der Waals surface area (Å²) in [6.07, 6.45) is 0. The van der Waals surface area contributed by atoms with E-state index in [2.05, 4.69) is 10.6 Å². The lowest BCUT2D eigenvalue weighted by Gasteiger charge is -2.14.